The number of carbonyl (C=O) groups is 2. The lowest BCUT2D eigenvalue weighted by Gasteiger charge is -2.22. The lowest BCUT2D eigenvalue weighted by molar-refractivity contribution is -0.116. The standard InChI is InChI=1S/C27H25ClN2O3/c1-18-26(29(19(2)31)16-15-20-7-5-4-6-8-20)24-17-23(33-3)13-14-25(24)30(18)27(32)21-9-11-22(28)12-10-21/h4-14,17H,15-16H2,1-3H3. The Balaban J connectivity index is 1.85. The predicted molar refractivity (Wildman–Crippen MR) is 133 cm³/mol. The van der Waals surface area contributed by atoms with E-state index in [9.17, 15) is 9.59 Å². The number of aromatic nitrogens is 1. The molecule has 0 aliphatic rings. The van der Waals surface area contributed by atoms with Gasteiger partial charge in [-0.15, -0.1) is 0 Å². The Morgan fingerprint density at radius 3 is 2.33 bits per heavy atom. The van der Waals surface area contributed by atoms with Gasteiger partial charge in [-0.05, 0) is 61.4 Å². The quantitative estimate of drug-likeness (QED) is 0.360. The lowest BCUT2D eigenvalue weighted by atomic mass is 10.1. The summed E-state index contributed by atoms with van der Waals surface area (Å²) in [6, 6.07) is 22.4. The van der Waals surface area contributed by atoms with E-state index in [1.54, 1.807) is 47.8 Å². The van der Waals surface area contributed by atoms with Crippen LogP contribution in [0.15, 0.2) is 72.8 Å². The van der Waals surface area contributed by atoms with Crippen molar-refractivity contribution in [3.8, 4) is 5.75 Å². The van der Waals surface area contributed by atoms with Crippen molar-refractivity contribution in [2.24, 2.45) is 0 Å². The first-order valence-corrected chi connectivity index (χ1v) is 11.1. The molecule has 0 aliphatic heterocycles. The van der Waals surface area contributed by atoms with Crippen molar-refractivity contribution in [1.29, 1.82) is 0 Å². The highest BCUT2D eigenvalue weighted by Gasteiger charge is 2.25. The molecule has 0 saturated heterocycles. The summed E-state index contributed by atoms with van der Waals surface area (Å²) in [7, 11) is 1.60. The maximum atomic E-state index is 13.5. The summed E-state index contributed by atoms with van der Waals surface area (Å²) in [6.07, 6.45) is 0.696. The van der Waals surface area contributed by atoms with E-state index in [-0.39, 0.29) is 11.8 Å². The van der Waals surface area contributed by atoms with Crippen LogP contribution in [0, 0.1) is 6.92 Å². The zero-order chi connectivity index (χ0) is 23.5. The van der Waals surface area contributed by atoms with Gasteiger partial charge in [-0.3, -0.25) is 14.2 Å². The molecule has 4 rings (SSSR count). The second-order valence-electron chi connectivity index (χ2n) is 7.87. The zero-order valence-corrected chi connectivity index (χ0v) is 19.6. The number of carbonyl (C=O) groups excluding carboxylic acids is 2. The molecule has 0 spiro atoms. The minimum absolute atomic E-state index is 0.0881. The topological polar surface area (TPSA) is 51.5 Å². The molecule has 33 heavy (non-hydrogen) atoms. The average molecular weight is 461 g/mol. The van der Waals surface area contributed by atoms with Gasteiger partial charge in [-0.25, -0.2) is 0 Å². The molecule has 0 N–H and O–H groups in total. The number of nitrogens with zero attached hydrogens (tertiary/aromatic N) is 2. The van der Waals surface area contributed by atoms with Crippen LogP contribution in [0.4, 0.5) is 5.69 Å². The molecule has 5 nitrogen and oxygen atoms in total. The molecule has 0 aliphatic carbocycles. The first-order valence-electron chi connectivity index (χ1n) is 10.7. The van der Waals surface area contributed by atoms with Crippen LogP contribution in [-0.2, 0) is 11.2 Å². The molecule has 0 bridgehead atoms. The highest BCUT2D eigenvalue weighted by molar-refractivity contribution is 6.30. The van der Waals surface area contributed by atoms with Crippen LogP contribution in [0.5, 0.6) is 5.75 Å². The van der Waals surface area contributed by atoms with E-state index in [2.05, 4.69) is 0 Å². The SMILES string of the molecule is COc1ccc2c(c1)c(N(CCc1ccccc1)C(C)=O)c(C)n2C(=O)c1ccc(Cl)cc1. The Labute approximate surface area is 198 Å². The molecule has 1 amide bonds. The number of amides is 1. The number of ether oxygens (including phenoxy) is 1. The Kier molecular flexibility index (Phi) is 6.52. The smallest absolute Gasteiger partial charge is 0.262 e. The third-order valence-electron chi connectivity index (χ3n) is 5.79. The minimum Gasteiger partial charge on any atom is -0.497 e. The largest absolute Gasteiger partial charge is 0.497 e. The molecule has 0 unspecified atom stereocenters. The molecule has 0 saturated carbocycles. The monoisotopic (exact) mass is 460 g/mol. The first-order chi connectivity index (χ1) is 15.9. The van der Waals surface area contributed by atoms with E-state index in [1.165, 1.54) is 0 Å². The van der Waals surface area contributed by atoms with Crippen molar-refractivity contribution in [2.45, 2.75) is 20.3 Å². The number of fused-ring (bicyclic) bond motifs is 1. The van der Waals surface area contributed by atoms with Gasteiger partial charge in [0.1, 0.15) is 5.75 Å². The van der Waals surface area contributed by atoms with Crippen molar-refractivity contribution in [3.05, 3.63) is 94.6 Å². The van der Waals surface area contributed by atoms with E-state index >= 15 is 0 Å². The van der Waals surface area contributed by atoms with Gasteiger partial charge in [0.2, 0.25) is 5.91 Å². The maximum absolute atomic E-state index is 13.5. The zero-order valence-electron chi connectivity index (χ0n) is 18.8. The Morgan fingerprint density at radius 2 is 1.70 bits per heavy atom. The van der Waals surface area contributed by atoms with Gasteiger partial charge in [0.15, 0.2) is 0 Å². The van der Waals surface area contributed by atoms with Gasteiger partial charge in [0.25, 0.3) is 5.91 Å². The summed E-state index contributed by atoms with van der Waals surface area (Å²) in [5, 5.41) is 1.35. The van der Waals surface area contributed by atoms with Crippen molar-refractivity contribution < 1.29 is 14.3 Å². The fourth-order valence-corrected chi connectivity index (χ4v) is 4.27. The van der Waals surface area contributed by atoms with Crippen molar-refractivity contribution >= 4 is 40.0 Å². The number of hydrogen-bond donors (Lipinski definition) is 0. The van der Waals surface area contributed by atoms with E-state index in [4.69, 9.17) is 16.3 Å². The number of hydrogen-bond acceptors (Lipinski definition) is 3. The Bertz CT molecular complexity index is 1310. The fourth-order valence-electron chi connectivity index (χ4n) is 4.14. The number of methoxy groups -OCH3 is 1. The van der Waals surface area contributed by atoms with Crippen molar-refractivity contribution in [1.82, 2.24) is 4.57 Å². The van der Waals surface area contributed by atoms with E-state index in [1.807, 2.05) is 55.5 Å². The molecule has 0 radical (unpaired) electrons. The fraction of sp³-hybridized carbons (Fsp3) is 0.185. The molecule has 3 aromatic carbocycles. The van der Waals surface area contributed by atoms with E-state index < -0.39 is 0 Å². The number of rotatable bonds is 6. The Hall–Kier alpha value is -3.57. The first kappa shape index (κ1) is 22.6. The van der Waals surface area contributed by atoms with Crippen LogP contribution in [0.1, 0.15) is 28.5 Å². The minimum atomic E-state index is -0.183. The molecule has 1 heterocycles. The molecule has 0 fully saturated rings. The van der Waals surface area contributed by atoms with Gasteiger partial charge < -0.3 is 9.64 Å². The van der Waals surface area contributed by atoms with Gasteiger partial charge >= 0.3 is 0 Å². The van der Waals surface area contributed by atoms with Crippen LogP contribution >= 0.6 is 11.6 Å². The third-order valence-corrected chi connectivity index (χ3v) is 6.04. The molecule has 4 aromatic rings. The average Bonchev–Trinajstić information content (AvgIpc) is 3.10. The van der Waals surface area contributed by atoms with Gasteiger partial charge in [-0.1, -0.05) is 41.9 Å². The normalized spacial score (nSPS) is 10.9. The highest BCUT2D eigenvalue weighted by Crippen LogP contribution is 2.37. The second-order valence-corrected chi connectivity index (χ2v) is 8.31. The van der Waals surface area contributed by atoms with Crippen LogP contribution < -0.4 is 9.64 Å². The maximum Gasteiger partial charge on any atom is 0.262 e. The van der Waals surface area contributed by atoms with Gasteiger partial charge in [0, 0.05) is 35.1 Å². The van der Waals surface area contributed by atoms with Crippen molar-refractivity contribution in [2.75, 3.05) is 18.6 Å². The Morgan fingerprint density at radius 1 is 1.00 bits per heavy atom. The third kappa shape index (κ3) is 4.50. The van der Waals surface area contributed by atoms with Crippen LogP contribution in [0.25, 0.3) is 10.9 Å². The number of anilines is 1. The summed E-state index contributed by atoms with van der Waals surface area (Å²) in [5.41, 5.74) is 3.78. The molecular weight excluding hydrogens is 436 g/mol. The van der Waals surface area contributed by atoms with Crippen LogP contribution in [0.3, 0.4) is 0 Å². The summed E-state index contributed by atoms with van der Waals surface area (Å²) < 4.78 is 7.10. The summed E-state index contributed by atoms with van der Waals surface area (Å²) in [5.74, 6) is 0.387. The van der Waals surface area contributed by atoms with Crippen molar-refractivity contribution in [3.63, 3.8) is 0 Å². The summed E-state index contributed by atoms with van der Waals surface area (Å²) >= 11 is 6.01. The predicted octanol–water partition coefficient (Wildman–Crippen LogP) is 5.90. The molecule has 1 aromatic heterocycles. The summed E-state index contributed by atoms with van der Waals surface area (Å²) in [4.78, 5) is 28.1. The second kappa shape index (κ2) is 9.51. The summed E-state index contributed by atoms with van der Waals surface area (Å²) in [6.45, 7) is 3.91. The highest BCUT2D eigenvalue weighted by atomic mass is 35.5. The van der Waals surface area contributed by atoms with Crippen LogP contribution in [0.2, 0.25) is 5.02 Å². The molecule has 168 valence electrons. The van der Waals surface area contributed by atoms with Crippen LogP contribution in [-0.4, -0.2) is 30.0 Å². The molecule has 0 atom stereocenters. The number of halogens is 1. The molecule has 6 heteroatoms. The van der Waals surface area contributed by atoms with E-state index in [0.29, 0.717) is 40.5 Å². The van der Waals surface area contributed by atoms with E-state index in [0.717, 1.165) is 16.6 Å². The number of benzene rings is 3. The lowest BCUT2D eigenvalue weighted by Crippen LogP contribution is -2.31. The van der Waals surface area contributed by atoms with Gasteiger partial charge in [0.05, 0.1) is 18.3 Å². The van der Waals surface area contributed by atoms with Gasteiger partial charge in [-0.2, -0.15) is 0 Å². The molecular formula is C27H25ClN2O3.